The highest BCUT2D eigenvalue weighted by Gasteiger charge is 2.27. The summed E-state index contributed by atoms with van der Waals surface area (Å²) in [7, 11) is 0. The van der Waals surface area contributed by atoms with Gasteiger partial charge >= 0.3 is 0 Å². The van der Waals surface area contributed by atoms with Crippen LogP contribution in [0.5, 0.6) is 0 Å². The highest BCUT2D eigenvalue weighted by Crippen LogP contribution is 2.22. The maximum Gasteiger partial charge on any atom is 0.274 e. The Morgan fingerprint density at radius 2 is 2.36 bits per heavy atom. The number of aryl methyl sites for hydroxylation is 2. The van der Waals surface area contributed by atoms with Crippen molar-refractivity contribution < 1.29 is 4.79 Å². The van der Waals surface area contributed by atoms with Crippen molar-refractivity contribution in [3.63, 3.8) is 0 Å². The minimum absolute atomic E-state index is 0.0205. The number of hydrogen-bond donors (Lipinski definition) is 1. The Labute approximate surface area is 130 Å². The van der Waals surface area contributed by atoms with Gasteiger partial charge in [0.25, 0.3) is 5.91 Å². The van der Waals surface area contributed by atoms with E-state index < -0.39 is 0 Å². The van der Waals surface area contributed by atoms with Gasteiger partial charge in [0, 0.05) is 25.0 Å². The summed E-state index contributed by atoms with van der Waals surface area (Å²) in [5, 5.41) is 11.5. The van der Waals surface area contributed by atoms with Gasteiger partial charge in [-0.25, -0.2) is 0 Å². The molecule has 0 unspecified atom stereocenters. The molecule has 3 heterocycles. The van der Waals surface area contributed by atoms with Crippen molar-refractivity contribution in [2.45, 2.75) is 45.6 Å². The van der Waals surface area contributed by atoms with Crippen LogP contribution in [0, 0.1) is 6.92 Å². The first-order chi connectivity index (χ1) is 10.7. The average molecular weight is 301 g/mol. The molecule has 1 aliphatic rings. The minimum atomic E-state index is 0.0205. The van der Waals surface area contributed by atoms with E-state index in [0.29, 0.717) is 12.2 Å². The third kappa shape index (κ3) is 3.05. The highest BCUT2D eigenvalue weighted by molar-refractivity contribution is 5.92. The smallest absolute Gasteiger partial charge is 0.274 e. The van der Waals surface area contributed by atoms with Gasteiger partial charge in [0.1, 0.15) is 5.69 Å². The van der Waals surface area contributed by atoms with Crippen LogP contribution < -0.4 is 0 Å². The fraction of sp³-hybridized carbons (Fsp3) is 0.562. The third-order valence-corrected chi connectivity index (χ3v) is 4.16. The number of likely N-dealkylation sites (tertiary alicyclic amines) is 1. The average Bonchev–Trinajstić information content (AvgIpc) is 3.16. The van der Waals surface area contributed by atoms with Crippen LogP contribution in [0.15, 0.2) is 18.5 Å². The van der Waals surface area contributed by atoms with E-state index >= 15 is 0 Å². The molecule has 118 valence electrons. The zero-order chi connectivity index (χ0) is 15.5. The van der Waals surface area contributed by atoms with Gasteiger partial charge in [-0.15, -0.1) is 0 Å². The summed E-state index contributed by atoms with van der Waals surface area (Å²) >= 11 is 0. The number of carbonyl (C=O) groups is 1. The second-order valence-electron chi connectivity index (χ2n) is 6.07. The number of hydrogen-bond acceptors (Lipinski definition) is 3. The molecule has 0 aromatic carbocycles. The molecule has 0 spiro atoms. The van der Waals surface area contributed by atoms with Gasteiger partial charge in [0.15, 0.2) is 0 Å². The lowest BCUT2D eigenvalue weighted by molar-refractivity contribution is 0.0667. The van der Waals surface area contributed by atoms with Crippen LogP contribution in [0.3, 0.4) is 0 Å². The molecule has 1 aliphatic heterocycles. The van der Waals surface area contributed by atoms with Crippen molar-refractivity contribution in [2.24, 2.45) is 0 Å². The van der Waals surface area contributed by atoms with E-state index in [9.17, 15) is 4.79 Å². The molecule has 0 bridgehead atoms. The first-order valence-corrected chi connectivity index (χ1v) is 8.01. The van der Waals surface area contributed by atoms with Crippen molar-refractivity contribution in [2.75, 3.05) is 13.1 Å². The SMILES string of the molecule is CCCc1cc(C(=O)N2CCC[C@H](n3cc(C)cn3)C2)n[nH]1. The summed E-state index contributed by atoms with van der Waals surface area (Å²) < 4.78 is 1.99. The number of nitrogens with one attached hydrogen (secondary N) is 1. The number of H-pyrrole nitrogens is 1. The number of aromatic nitrogens is 4. The predicted molar refractivity (Wildman–Crippen MR) is 83.7 cm³/mol. The zero-order valence-electron chi connectivity index (χ0n) is 13.2. The first kappa shape index (κ1) is 14.8. The molecule has 0 aliphatic carbocycles. The normalized spacial score (nSPS) is 18.6. The Bertz CT molecular complexity index is 645. The van der Waals surface area contributed by atoms with Crippen LogP contribution in [0.4, 0.5) is 0 Å². The van der Waals surface area contributed by atoms with E-state index in [-0.39, 0.29) is 11.9 Å². The summed E-state index contributed by atoms with van der Waals surface area (Å²) in [5.74, 6) is 0.0205. The quantitative estimate of drug-likeness (QED) is 0.942. The largest absolute Gasteiger partial charge is 0.335 e. The van der Waals surface area contributed by atoms with E-state index in [1.807, 2.05) is 35.0 Å². The molecule has 1 atom stereocenters. The molecule has 1 saturated heterocycles. The van der Waals surface area contributed by atoms with Crippen molar-refractivity contribution in [3.8, 4) is 0 Å². The molecule has 1 amide bonds. The molecular weight excluding hydrogens is 278 g/mol. The van der Waals surface area contributed by atoms with Crippen LogP contribution in [-0.4, -0.2) is 43.9 Å². The molecule has 22 heavy (non-hydrogen) atoms. The highest BCUT2D eigenvalue weighted by atomic mass is 16.2. The first-order valence-electron chi connectivity index (χ1n) is 8.01. The molecule has 2 aromatic heterocycles. The zero-order valence-corrected chi connectivity index (χ0v) is 13.2. The Morgan fingerprint density at radius 1 is 1.50 bits per heavy atom. The van der Waals surface area contributed by atoms with E-state index in [2.05, 4.69) is 22.2 Å². The molecule has 0 radical (unpaired) electrons. The van der Waals surface area contributed by atoms with Gasteiger partial charge in [0.2, 0.25) is 0 Å². The Morgan fingerprint density at radius 3 is 3.09 bits per heavy atom. The minimum Gasteiger partial charge on any atom is -0.335 e. The molecule has 1 N–H and O–H groups in total. The number of nitrogens with zero attached hydrogens (tertiary/aromatic N) is 4. The number of amides is 1. The van der Waals surface area contributed by atoms with Crippen molar-refractivity contribution in [3.05, 3.63) is 35.4 Å². The van der Waals surface area contributed by atoms with Crippen LogP contribution in [0.2, 0.25) is 0 Å². The van der Waals surface area contributed by atoms with Gasteiger partial charge in [-0.2, -0.15) is 10.2 Å². The molecule has 3 rings (SSSR count). The fourth-order valence-electron chi connectivity index (χ4n) is 3.02. The third-order valence-electron chi connectivity index (χ3n) is 4.16. The summed E-state index contributed by atoms with van der Waals surface area (Å²) in [6.45, 7) is 5.65. The number of carbonyl (C=O) groups excluding carboxylic acids is 1. The Hall–Kier alpha value is -2.11. The molecule has 0 saturated carbocycles. The number of aromatic amines is 1. The lowest BCUT2D eigenvalue weighted by Crippen LogP contribution is -2.41. The van der Waals surface area contributed by atoms with Crippen LogP contribution in [-0.2, 0) is 6.42 Å². The van der Waals surface area contributed by atoms with E-state index in [1.54, 1.807) is 0 Å². The lowest BCUT2D eigenvalue weighted by Gasteiger charge is -2.32. The topological polar surface area (TPSA) is 66.8 Å². The monoisotopic (exact) mass is 301 g/mol. The van der Waals surface area contributed by atoms with Crippen molar-refractivity contribution in [1.29, 1.82) is 0 Å². The standard InChI is InChI=1S/C16H23N5O/c1-3-5-13-8-15(19-18-13)16(22)20-7-4-6-14(11-20)21-10-12(2)9-17-21/h8-10,14H,3-7,11H2,1-2H3,(H,18,19)/t14-/m0/s1. The summed E-state index contributed by atoms with van der Waals surface area (Å²) in [6.07, 6.45) is 7.95. The molecular formula is C16H23N5O. The van der Waals surface area contributed by atoms with E-state index in [1.165, 1.54) is 0 Å². The Kier molecular flexibility index (Phi) is 4.27. The van der Waals surface area contributed by atoms with Crippen molar-refractivity contribution >= 4 is 5.91 Å². The van der Waals surface area contributed by atoms with Crippen LogP contribution >= 0.6 is 0 Å². The van der Waals surface area contributed by atoms with Gasteiger partial charge in [0.05, 0.1) is 12.2 Å². The van der Waals surface area contributed by atoms with Gasteiger partial charge in [-0.3, -0.25) is 14.6 Å². The van der Waals surface area contributed by atoms with Gasteiger partial charge in [-0.05, 0) is 37.8 Å². The predicted octanol–water partition coefficient (Wildman–Crippen LogP) is 2.34. The molecule has 6 nitrogen and oxygen atoms in total. The second-order valence-corrected chi connectivity index (χ2v) is 6.07. The Balaban J connectivity index is 1.69. The molecule has 1 fully saturated rings. The molecule has 6 heteroatoms. The number of rotatable bonds is 4. The van der Waals surface area contributed by atoms with E-state index in [4.69, 9.17) is 0 Å². The van der Waals surface area contributed by atoms with Gasteiger partial charge < -0.3 is 4.90 Å². The molecule has 2 aromatic rings. The maximum absolute atomic E-state index is 12.6. The number of piperidine rings is 1. The fourth-order valence-corrected chi connectivity index (χ4v) is 3.02. The summed E-state index contributed by atoms with van der Waals surface area (Å²) in [6, 6.07) is 2.15. The van der Waals surface area contributed by atoms with Gasteiger partial charge in [-0.1, -0.05) is 13.3 Å². The second kappa shape index (κ2) is 6.34. The van der Waals surface area contributed by atoms with Crippen LogP contribution in [0.1, 0.15) is 54.0 Å². The van der Waals surface area contributed by atoms with E-state index in [0.717, 1.165) is 43.5 Å². The van der Waals surface area contributed by atoms with Crippen LogP contribution in [0.25, 0.3) is 0 Å². The maximum atomic E-state index is 12.6. The van der Waals surface area contributed by atoms with Crippen molar-refractivity contribution in [1.82, 2.24) is 24.9 Å². The summed E-state index contributed by atoms with van der Waals surface area (Å²) in [5.41, 5.74) is 2.71. The lowest BCUT2D eigenvalue weighted by atomic mass is 10.1. The summed E-state index contributed by atoms with van der Waals surface area (Å²) in [4.78, 5) is 14.5.